The van der Waals surface area contributed by atoms with Gasteiger partial charge in [-0.3, -0.25) is 0 Å². The molecule has 0 radical (unpaired) electrons. The van der Waals surface area contributed by atoms with Gasteiger partial charge in [0.1, 0.15) is 6.54 Å². The van der Waals surface area contributed by atoms with Crippen molar-refractivity contribution in [2.75, 3.05) is 40.0 Å². The van der Waals surface area contributed by atoms with E-state index in [-0.39, 0.29) is 6.61 Å². The Bertz CT molecular complexity index is 495. The average molecular weight is 415 g/mol. The van der Waals surface area contributed by atoms with Crippen LogP contribution in [0.4, 0.5) is 0 Å². The number of quaternary nitrogens is 1. The molecule has 0 aliphatic heterocycles. The third-order valence-electron chi connectivity index (χ3n) is 2.60. The van der Waals surface area contributed by atoms with E-state index in [1.807, 2.05) is 0 Å². The number of benzene rings is 1. The first-order valence-corrected chi connectivity index (χ1v) is 9.01. The summed E-state index contributed by atoms with van der Waals surface area (Å²) in [5.41, 5.74) is 1.38. The predicted octanol–water partition coefficient (Wildman–Crippen LogP) is 1.06. The molecule has 1 N–H and O–H groups in total. The van der Waals surface area contributed by atoms with Gasteiger partial charge in [0.15, 0.2) is 0 Å². The van der Waals surface area contributed by atoms with Crippen molar-refractivity contribution in [1.29, 1.82) is 0 Å². The third-order valence-corrected chi connectivity index (χ3v) is 3.27. The van der Waals surface area contributed by atoms with Crippen molar-refractivity contribution in [3.8, 4) is 0 Å². The lowest BCUT2D eigenvalue weighted by Gasteiger charge is -2.28. The summed E-state index contributed by atoms with van der Waals surface area (Å²) in [6.45, 7) is 2.16. The number of hydrogen-bond donors (Lipinski definition) is 1. The van der Waals surface area contributed by atoms with Gasteiger partial charge in [-0.05, 0) is 40.3 Å². The van der Waals surface area contributed by atoms with Crippen LogP contribution in [0.3, 0.4) is 0 Å². The number of nitrogens with zero attached hydrogens (tertiary/aromatic N) is 1. The summed E-state index contributed by atoms with van der Waals surface area (Å²) in [7, 11) is 0.397. The number of aliphatic hydroxyl groups excluding tert-OH is 1. The second kappa shape index (κ2) is 8.93. The Morgan fingerprint density at radius 3 is 2.30 bits per heavy atom. The van der Waals surface area contributed by atoms with Crippen LogP contribution in [0.5, 0.6) is 0 Å². The van der Waals surface area contributed by atoms with E-state index in [9.17, 15) is 0 Å². The fraction of sp³-hybridized carbons (Fsp3) is 0.538. The lowest BCUT2D eigenvalue weighted by Crippen LogP contribution is -2.43. The molecule has 116 valence electrons. The molecule has 0 aliphatic rings. The van der Waals surface area contributed by atoms with Gasteiger partial charge in [-0.2, -0.15) is 0 Å². The molecule has 0 saturated carbocycles. The van der Waals surface area contributed by atoms with Crippen LogP contribution >= 0.6 is 22.6 Å². The normalized spacial score (nSPS) is 11.7. The van der Waals surface area contributed by atoms with E-state index in [0.717, 1.165) is 24.0 Å². The van der Waals surface area contributed by atoms with Gasteiger partial charge in [-0.1, -0.05) is 12.1 Å². The summed E-state index contributed by atoms with van der Waals surface area (Å²) >= 11 is 2.34. The third kappa shape index (κ3) is 12.8. The monoisotopic (exact) mass is 415 g/mol. The predicted molar refractivity (Wildman–Crippen MR) is 87.4 cm³/mol. The van der Waals surface area contributed by atoms with Crippen LogP contribution in [0.15, 0.2) is 24.3 Å². The van der Waals surface area contributed by atoms with Gasteiger partial charge in [0, 0.05) is 16.2 Å². The van der Waals surface area contributed by atoms with Gasteiger partial charge in [-0.15, -0.1) is 0 Å². The molecule has 0 amide bonds. The highest BCUT2D eigenvalue weighted by atomic mass is 127. The van der Waals surface area contributed by atoms with E-state index in [2.05, 4.69) is 61.0 Å². The Hall–Kier alpha value is -0.220. The van der Waals surface area contributed by atoms with Gasteiger partial charge in [0.25, 0.3) is 0 Å². The molecule has 1 aromatic rings. The zero-order chi connectivity index (χ0) is 15.8. The maximum atomic E-state index is 9.08. The Morgan fingerprint density at radius 2 is 1.85 bits per heavy atom. The van der Waals surface area contributed by atoms with Gasteiger partial charge >= 0.3 is 0 Å². The molecule has 5 nitrogen and oxygen atoms in total. The molecule has 0 spiro atoms. The molecule has 0 heterocycles. The van der Waals surface area contributed by atoms with Crippen LogP contribution in [0.1, 0.15) is 5.56 Å². The lowest BCUT2D eigenvalue weighted by molar-refractivity contribution is -0.890. The molecule has 0 saturated heterocycles. The standard InChI is InChI=1S/C12H19INO.CH4O3S/c1-14(2,8-9-15)7-6-11-4-3-5-12(13)10-11;1-5(2,3)4/h3-5,10,15H,6-9H2,1-2H3;1H3,(H,2,3,4)/q+1;/p-1. The molecule has 0 bridgehead atoms. The van der Waals surface area contributed by atoms with E-state index in [1.54, 1.807) is 0 Å². The van der Waals surface area contributed by atoms with Crippen molar-refractivity contribution in [3.05, 3.63) is 33.4 Å². The fourth-order valence-corrected chi connectivity index (χ4v) is 2.11. The van der Waals surface area contributed by atoms with Crippen molar-refractivity contribution in [3.63, 3.8) is 0 Å². The topological polar surface area (TPSA) is 77.4 Å². The largest absolute Gasteiger partial charge is 0.748 e. The highest BCUT2D eigenvalue weighted by Gasteiger charge is 2.13. The Morgan fingerprint density at radius 1 is 1.30 bits per heavy atom. The Balaban J connectivity index is 0.000000621. The molecular weight excluding hydrogens is 393 g/mol. The van der Waals surface area contributed by atoms with Crippen LogP contribution in [0.2, 0.25) is 0 Å². The minimum atomic E-state index is -3.92. The highest BCUT2D eigenvalue weighted by Crippen LogP contribution is 2.10. The van der Waals surface area contributed by atoms with Crippen molar-refractivity contribution in [1.82, 2.24) is 0 Å². The van der Waals surface area contributed by atoms with Gasteiger partial charge in [0.05, 0.1) is 37.4 Å². The Labute approximate surface area is 135 Å². The van der Waals surface area contributed by atoms with Gasteiger partial charge in [-0.25, -0.2) is 8.42 Å². The first-order valence-electron chi connectivity index (χ1n) is 6.12. The van der Waals surface area contributed by atoms with Crippen LogP contribution < -0.4 is 0 Å². The van der Waals surface area contributed by atoms with Gasteiger partial charge in [0.2, 0.25) is 0 Å². The minimum Gasteiger partial charge on any atom is -0.748 e. The second-order valence-corrected chi connectivity index (χ2v) is 7.84. The zero-order valence-corrected chi connectivity index (χ0v) is 15.0. The number of aliphatic hydroxyl groups is 1. The fourth-order valence-electron chi connectivity index (χ4n) is 1.51. The smallest absolute Gasteiger partial charge is 0.102 e. The molecule has 7 heteroatoms. The SMILES string of the molecule is CS(=O)(=O)[O-].C[N+](C)(CCO)CCc1cccc(I)c1. The van der Waals surface area contributed by atoms with Crippen molar-refractivity contribution < 1.29 is 22.6 Å². The number of likely N-dealkylation sites (N-methyl/N-ethyl adjacent to an activating group) is 1. The molecule has 0 aromatic heterocycles. The zero-order valence-electron chi connectivity index (χ0n) is 12.0. The summed E-state index contributed by atoms with van der Waals surface area (Å²) in [5.74, 6) is 0. The maximum absolute atomic E-state index is 9.08. The molecule has 1 aromatic carbocycles. The quantitative estimate of drug-likeness (QED) is 0.444. The highest BCUT2D eigenvalue weighted by molar-refractivity contribution is 14.1. The summed E-state index contributed by atoms with van der Waals surface area (Å²) in [6, 6.07) is 8.60. The maximum Gasteiger partial charge on any atom is 0.102 e. The number of hydrogen-bond acceptors (Lipinski definition) is 4. The van der Waals surface area contributed by atoms with Crippen molar-refractivity contribution in [2.45, 2.75) is 6.42 Å². The van der Waals surface area contributed by atoms with Gasteiger partial charge < -0.3 is 14.1 Å². The molecular formula is C13H22INO4S. The van der Waals surface area contributed by atoms with E-state index >= 15 is 0 Å². The second-order valence-electron chi connectivity index (χ2n) is 5.19. The first kappa shape index (κ1) is 19.8. The summed E-state index contributed by atoms with van der Waals surface area (Å²) < 4.78 is 29.4. The summed E-state index contributed by atoms with van der Waals surface area (Å²) in [4.78, 5) is 0. The molecule has 20 heavy (non-hydrogen) atoms. The first-order chi connectivity index (χ1) is 9.03. The lowest BCUT2D eigenvalue weighted by atomic mass is 10.1. The molecule has 0 atom stereocenters. The summed E-state index contributed by atoms with van der Waals surface area (Å²) in [5, 5.41) is 8.93. The van der Waals surface area contributed by atoms with E-state index in [0.29, 0.717) is 6.26 Å². The average Bonchev–Trinajstić information content (AvgIpc) is 2.24. The summed E-state index contributed by atoms with van der Waals surface area (Å²) in [6.07, 6.45) is 1.68. The van der Waals surface area contributed by atoms with Crippen molar-refractivity contribution in [2.24, 2.45) is 0 Å². The molecule has 0 unspecified atom stereocenters. The molecule has 0 fully saturated rings. The van der Waals surface area contributed by atoms with Crippen LogP contribution in [-0.2, 0) is 16.5 Å². The van der Waals surface area contributed by atoms with E-state index in [1.165, 1.54) is 9.13 Å². The Kier molecular flexibility index (Phi) is 8.83. The van der Waals surface area contributed by atoms with Crippen LogP contribution in [0.25, 0.3) is 0 Å². The molecule has 1 rings (SSSR count). The van der Waals surface area contributed by atoms with Crippen LogP contribution in [-0.4, -0.2) is 62.6 Å². The number of rotatable bonds is 5. The molecule has 0 aliphatic carbocycles. The van der Waals surface area contributed by atoms with Crippen molar-refractivity contribution >= 4 is 32.7 Å². The minimum absolute atomic E-state index is 0.263. The number of halogens is 1. The van der Waals surface area contributed by atoms with E-state index in [4.69, 9.17) is 18.1 Å². The van der Waals surface area contributed by atoms with E-state index < -0.39 is 10.1 Å². The van der Waals surface area contributed by atoms with Crippen LogP contribution in [0, 0.1) is 3.57 Å².